The van der Waals surface area contributed by atoms with Gasteiger partial charge in [0.25, 0.3) is 0 Å². The third-order valence-electron chi connectivity index (χ3n) is 6.36. The molecule has 2 unspecified atom stereocenters. The Morgan fingerprint density at radius 3 is 2.61 bits per heavy atom. The number of nitrogens with two attached hydrogens (primary N) is 1. The summed E-state index contributed by atoms with van der Waals surface area (Å²) in [7, 11) is 1.65. The second kappa shape index (κ2) is 9.11. The number of fused-ring (bicyclic) bond motifs is 2. The molecule has 0 aliphatic carbocycles. The van der Waals surface area contributed by atoms with E-state index in [0.29, 0.717) is 48.3 Å². The van der Waals surface area contributed by atoms with Crippen LogP contribution in [0.3, 0.4) is 0 Å². The number of rotatable bonds is 7. The number of aromatic hydroxyl groups is 1. The third kappa shape index (κ3) is 4.23. The Morgan fingerprint density at radius 2 is 1.85 bits per heavy atom. The van der Waals surface area contributed by atoms with Crippen molar-refractivity contribution in [2.24, 2.45) is 0 Å². The number of benzene rings is 1. The van der Waals surface area contributed by atoms with Gasteiger partial charge < -0.3 is 30.1 Å². The normalized spacial score (nSPS) is 19.7. The number of hydrogen-bond acceptors (Lipinski definition) is 9. The van der Waals surface area contributed by atoms with E-state index >= 15 is 0 Å². The molecule has 2 fully saturated rings. The summed E-state index contributed by atoms with van der Waals surface area (Å²) in [4.78, 5) is 9.11. The van der Waals surface area contributed by atoms with Crippen LogP contribution >= 0.6 is 0 Å². The highest BCUT2D eigenvalue weighted by atomic mass is 16.5. The van der Waals surface area contributed by atoms with Gasteiger partial charge in [0, 0.05) is 55.8 Å². The zero-order valence-corrected chi connectivity index (χ0v) is 18.6. The molecule has 2 bridgehead atoms. The highest BCUT2D eigenvalue weighted by Gasteiger charge is 2.40. The number of para-hydroxylation sites is 1. The van der Waals surface area contributed by atoms with Gasteiger partial charge in [-0.3, -0.25) is 0 Å². The van der Waals surface area contributed by atoms with Gasteiger partial charge in [0.1, 0.15) is 12.4 Å². The lowest BCUT2D eigenvalue weighted by Crippen LogP contribution is -2.54. The molecule has 0 spiro atoms. The molecule has 172 valence electrons. The van der Waals surface area contributed by atoms with Crippen molar-refractivity contribution in [3.8, 4) is 22.9 Å². The third-order valence-corrected chi connectivity index (χ3v) is 6.36. The van der Waals surface area contributed by atoms with Crippen molar-refractivity contribution < 1.29 is 14.6 Å². The Morgan fingerprint density at radius 1 is 1.06 bits per heavy atom. The van der Waals surface area contributed by atoms with Crippen LogP contribution in [-0.4, -0.2) is 65.8 Å². The van der Waals surface area contributed by atoms with Gasteiger partial charge in [-0.1, -0.05) is 12.1 Å². The minimum Gasteiger partial charge on any atom is -0.507 e. The first kappa shape index (κ1) is 21.3. The van der Waals surface area contributed by atoms with Crippen LogP contribution in [0.5, 0.6) is 11.6 Å². The SMILES string of the molecule is COCCOc1cc(N2C3CCC2CN(c2cc(-c4ccccc4O)nnc2N)C3)ccn1. The zero-order valence-electron chi connectivity index (χ0n) is 18.6. The number of pyridine rings is 1. The summed E-state index contributed by atoms with van der Waals surface area (Å²) in [5.41, 5.74) is 9.48. The fourth-order valence-corrected chi connectivity index (χ4v) is 4.86. The summed E-state index contributed by atoms with van der Waals surface area (Å²) in [6.45, 7) is 2.66. The Hall–Kier alpha value is -3.59. The minimum absolute atomic E-state index is 0.175. The number of phenols is 1. The second-order valence-electron chi connectivity index (χ2n) is 8.41. The fourth-order valence-electron chi connectivity index (χ4n) is 4.86. The molecular weight excluding hydrogens is 420 g/mol. The number of anilines is 3. The van der Waals surface area contributed by atoms with Crippen LogP contribution in [0.15, 0.2) is 48.7 Å². The number of ether oxygens (including phenoxy) is 2. The van der Waals surface area contributed by atoms with Crippen LogP contribution in [0.4, 0.5) is 17.2 Å². The van der Waals surface area contributed by atoms with Gasteiger partial charge in [-0.15, -0.1) is 10.2 Å². The maximum Gasteiger partial charge on any atom is 0.215 e. The maximum absolute atomic E-state index is 10.2. The van der Waals surface area contributed by atoms with Crippen LogP contribution in [0.2, 0.25) is 0 Å². The summed E-state index contributed by atoms with van der Waals surface area (Å²) < 4.78 is 10.8. The molecule has 0 radical (unpaired) electrons. The molecule has 2 atom stereocenters. The van der Waals surface area contributed by atoms with Crippen LogP contribution in [-0.2, 0) is 4.74 Å². The van der Waals surface area contributed by atoms with Crippen molar-refractivity contribution in [3.05, 3.63) is 48.7 Å². The smallest absolute Gasteiger partial charge is 0.215 e. The van der Waals surface area contributed by atoms with Crippen LogP contribution in [0.25, 0.3) is 11.3 Å². The first-order chi connectivity index (χ1) is 16.1. The Kier molecular flexibility index (Phi) is 5.87. The second-order valence-corrected chi connectivity index (χ2v) is 8.41. The van der Waals surface area contributed by atoms with Crippen molar-refractivity contribution in [3.63, 3.8) is 0 Å². The molecule has 0 saturated carbocycles. The lowest BCUT2D eigenvalue weighted by Gasteiger charge is -2.43. The van der Waals surface area contributed by atoms with E-state index in [-0.39, 0.29) is 5.75 Å². The van der Waals surface area contributed by atoms with E-state index in [1.54, 1.807) is 25.4 Å². The van der Waals surface area contributed by atoms with Gasteiger partial charge in [0.15, 0.2) is 5.82 Å². The molecule has 1 aromatic carbocycles. The first-order valence-corrected chi connectivity index (χ1v) is 11.2. The summed E-state index contributed by atoms with van der Waals surface area (Å²) >= 11 is 0. The topological polar surface area (TPSA) is 110 Å². The summed E-state index contributed by atoms with van der Waals surface area (Å²) in [5, 5.41) is 18.7. The number of piperazine rings is 1. The van der Waals surface area contributed by atoms with Gasteiger partial charge in [0.05, 0.1) is 18.0 Å². The van der Waals surface area contributed by atoms with E-state index in [4.69, 9.17) is 15.2 Å². The highest BCUT2D eigenvalue weighted by molar-refractivity contribution is 5.74. The van der Waals surface area contributed by atoms with Crippen LogP contribution < -0.4 is 20.3 Å². The molecule has 3 N–H and O–H groups in total. The van der Waals surface area contributed by atoms with Gasteiger partial charge in [-0.2, -0.15) is 0 Å². The lowest BCUT2D eigenvalue weighted by molar-refractivity contribution is 0.144. The largest absolute Gasteiger partial charge is 0.507 e. The molecule has 0 amide bonds. The van der Waals surface area contributed by atoms with Gasteiger partial charge in [-0.25, -0.2) is 4.98 Å². The molecule has 3 aromatic rings. The average molecular weight is 449 g/mol. The molecule has 2 aliphatic rings. The fraction of sp³-hybridized carbons (Fsp3) is 0.375. The van der Waals surface area contributed by atoms with E-state index < -0.39 is 0 Å². The van der Waals surface area contributed by atoms with Crippen LogP contribution in [0, 0.1) is 0 Å². The predicted octanol–water partition coefficient (Wildman–Crippen LogP) is 2.71. The summed E-state index contributed by atoms with van der Waals surface area (Å²) in [6, 6.07) is 13.8. The molecule has 2 aliphatic heterocycles. The maximum atomic E-state index is 10.2. The quantitative estimate of drug-likeness (QED) is 0.527. The van der Waals surface area contributed by atoms with Crippen LogP contribution in [0.1, 0.15) is 12.8 Å². The van der Waals surface area contributed by atoms with Crippen molar-refractivity contribution in [1.29, 1.82) is 0 Å². The number of methoxy groups -OCH3 is 1. The van der Waals surface area contributed by atoms with E-state index in [1.807, 2.05) is 30.3 Å². The Labute approximate surface area is 192 Å². The molecule has 33 heavy (non-hydrogen) atoms. The molecular formula is C24H28N6O3. The van der Waals surface area contributed by atoms with Gasteiger partial charge in [-0.05, 0) is 37.1 Å². The summed E-state index contributed by atoms with van der Waals surface area (Å²) in [5.74, 6) is 1.19. The van der Waals surface area contributed by atoms with Gasteiger partial charge in [0.2, 0.25) is 5.88 Å². The number of nitrogens with zero attached hydrogens (tertiary/aromatic N) is 5. The first-order valence-electron chi connectivity index (χ1n) is 11.2. The number of aromatic nitrogens is 3. The van der Waals surface area contributed by atoms with E-state index in [1.165, 1.54) is 0 Å². The molecule has 2 saturated heterocycles. The van der Waals surface area contributed by atoms with E-state index in [9.17, 15) is 5.11 Å². The Balaban J connectivity index is 1.37. The lowest BCUT2D eigenvalue weighted by atomic mass is 10.1. The predicted molar refractivity (Wildman–Crippen MR) is 127 cm³/mol. The van der Waals surface area contributed by atoms with Crippen molar-refractivity contribution >= 4 is 17.2 Å². The van der Waals surface area contributed by atoms with Crippen molar-refractivity contribution in [1.82, 2.24) is 15.2 Å². The summed E-state index contributed by atoms with van der Waals surface area (Å²) in [6.07, 6.45) is 4.01. The monoisotopic (exact) mass is 448 g/mol. The zero-order chi connectivity index (χ0) is 22.8. The van der Waals surface area contributed by atoms with E-state index in [0.717, 1.165) is 37.3 Å². The molecule has 4 heterocycles. The minimum atomic E-state index is 0.175. The van der Waals surface area contributed by atoms with Gasteiger partial charge >= 0.3 is 0 Å². The van der Waals surface area contributed by atoms with Crippen molar-refractivity contribution in [2.75, 3.05) is 48.9 Å². The number of nitrogen functional groups attached to an aromatic ring is 1. The molecule has 9 heteroatoms. The molecule has 9 nitrogen and oxygen atoms in total. The average Bonchev–Trinajstić information content (AvgIpc) is 3.10. The van der Waals surface area contributed by atoms with E-state index in [2.05, 4.69) is 25.0 Å². The number of phenolic OH excluding ortho intramolecular Hbond substituents is 1. The van der Waals surface area contributed by atoms with Crippen molar-refractivity contribution in [2.45, 2.75) is 24.9 Å². The highest BCUT2D eigenvalue weighted by Crippen LogP contribution is 2.39. The Bertz CT molecular complexity index is 1110. The standard InChI is InChI=1S/C24H28N6O3/c1-32-10-11-33-23-12-16(8-9-26-23)30-17-6-7-18(30)15-29(14-17)21-13-20(27-28-24(21)25)19-4-2-3-5-22(19)31/h2-5,8-9,12-13,17-18,31H,6-7,10-11,14-15H2,1H3,(H2,25,28). The molecule has 2 aromatic heterocycles. The number of hydrogen-bond donors (Lipinski definition) is 2. The molecule has 5 rings (SSSR count).